The predicted octanol–water partition coefficient (Wildman–Crippen LogP) is 3.24. The van der Waals surface area contributed by atoms with Crippen LogP contribution in [-0.4, -0.2) is 23.9 Å². The molecule has 2 nitrogen and oxygen atoms in total. The van der Waals surface area contributed by atoms with Crippen molar-refractivity contribution in [3.63, 3.8) is 0 Å². The predicted molar refractivity (Wildman–Crippen MR) is 73.9 cm³/mol. The van der Waals surface area contributed by atoms with Crippen molar-refractivity contribution in [2.24, 2.45) is 0 Å². The number of aryl methyl sites for hydroxylation is 1. The first-order valence-corrected chi connectivity index (χ1v) is 6.37. The van der Waals surface area contributed by atoms with Crippen molar-refractivity contribution >= 4 is 21.8 Å². The van der Waals surface area contributed by atoms with E-state index in [4.69, 9.17) is 6.42 Å². The highest BCUT2D eigenvalue weighted by molar-refractivity contribution is 9.10. The summed E-state index contributed by atoms with van der Waals surface area (Å²) in [5.74, 6) is 2.52. The molecule has 0 aliphatic rings. The first kappa shape index (κ1) is 13.8. The van der Waals surface area contributed by atoms with E-state index >= 15 is 0 Å². The average molecular weight is 294 g/mol. The summed E-state index contributed by atoms with van der Waals surface area (Å²) in [5.41, 5.74) is 1.74. The van der Waals surface area contributed by atoms with Gasteiger partial charge >= 0.3 is 0 Å². The molecule has 0 N–H and O–H groups in total. The minimum absolute atomic E-state index is 0.00537. The van der Waals surface area contributed by atoms with Crippen molar-refractivity contribution in [1.29, 1.82) is 0 Å². The SMILES string of the molecule is C#CCN(CCC)C(=O)c1cc(C)cc(Br)c1. The van der Waals surface area contributed by atoms with E-state index in [0.717, 1.165) is 16.5 Å². The smallest absolute Gasteiger partial charge is 0.254 e. The normalized spacial score (nSPS) is 9.76. The van der Waals surface area contributed by atoms with E-state index in [9.17, 15) is 4.79 Å². The third-order valence-corrected chi connectivity index (χ3v) is 2.81. The lowest BCUT2D eigenvalue weighted by Gasteiger charge is -2.19. The van der Waals surface area contributed by atoms with Crippen LogP contribution in [0.25, 0.3) is 0 Å². The van der Waals surface area contributed by atoms with Gasteiger partial charge in [-0.05, 0) is 37.1 Å². The minimum atomic E-state index is -0.00537. The van der Waals surface area contributed by atoms with Crippen molar-refractivity contribution < 1.29 is 4.79 Å². The molecule has 3 heteroatoms. The zero-order valence-corrected chi connectivity index (χ0v) is 11.8. The maximum atomic E-state index is 12.2. The van der Waals surface area contributed by atoms with E-state index in [-0.39, 0.29) is 5.91 Å². The standard InChI is InChI=1S/C14H16BrNO/c1-4-6-16(7-5-2)14(17)12-8-11(3)9-13(15)10-12/h1,8-10H,5-7H2,2-3H3. The Labute approximate surface area is 111 Å². The highest BCUT2D eigenvalue weighted by Crippen LogP contribution is 2.16. The Balaban J connectivity index is 2.96. The summed E-state index contributed by atoms with van der Waals surface area (Å²) in [5, 5.41) is 0. The van der Waals surface area contributed by atoms with Gasteiger partial charge in [-0.15, -0.1) is 6.42 Å². The molecule has 1 rings (SSSR count). The number of terminal acetylenes is 1. The van der Waals surface area contributed by atoms with Crippen LogP contribution in [0.2, 0.25) is 0 Å². The van der Waals surface area contributed by atoms with Gasteiger partial charge in [0.2, 0.25) is 0 Å². The van der Waals surface area contributed by atoms with E-state index in [0.29, 0.717) is 18.7 Å². The molecule has 0 aromatic heterocycles. The van der Waals surface area contributed by atoms with Gasteiger partial charge in [0.25, 0.3) is 5.91 Å². The third kappa shape index (κ3) is 3.90. The van der Waals surface area contributed by atoms with Crippen molar-refractivity contribution in [1.82, 2.24) is 4.90 Å². The summed E-state index contributed by atoms with van der Waals surface area (Å²) in [6, 6.07) is 5.68. The van der Waals surface area contributed by atoms with Gasteiger partial charge in [0.15, 0.2) is 0 Å². The Hall–Kier alpha value is -1.27. The molecule has 0 spiro atoms. The fourth-order valence-corrected chi connectivity index (χ4v) is 2.28. The van der Waals surface area contributed by atoms with Crippen molar-refractivity contribution in [3.8, 4) is 12.3 Å². The van der Waals surface area contributed by atoms with E-state index in [1.165, 1.54) is 0 Å². The van der Waals surface area contributed by atoms with Crippen LogP contribution in [0, 0.1) is 19.3 Å². The first-order chi connectivity index (χ1) is 8.08. The molecule has 1 aromatic carbocycles. The molecule has 1 aromatic rings. The van der Waals surface area contributed by atoms with Gasteiger partial charge in [-0.3, -0.25) is 4.79 Å². The van der Waals surface area contributed by atoms with E-state index in [1.54, 1.807) is 4.90 Å². The van der Waals surface area contributed by atoms with Gasteiger partial charge in [-0.1, -0.05) is 28.8 Å². The van der Waals surface area contributed by atoms with Crippen LogP contribution in [-0.2, 0) is 0 Å². The van der Waals surface area contributed by atoms with Crippen LogP contribution in [0.4, 0.5) is 0 Å². The quantitative estimate of drug-likeness (QED) is 0.781. The molecule has 0 unspecified atom stereocenters. The highest BCUT2D eigenvalue weighted by atomic mass is 79.9. The van der Waals surface area contributed by atoms with Gasteiger partial charge in [0.1, 0.15) is 0 Å². The van der Waals surface area contributed by atoms with Gasteiger partial charge in [-0.2, -0.15) is 0 Å². The van der Waals surface area contributed by atoms with Gasteiger partial charge in [0, 0.05) is 16.6 Å². The zero-order valence-electron chi connectivity index (χ0n) is 10.2. The number of benzene rings is 1. The number of rotatable bonds is 4. The second-order valence-corrected chi connectivity index (χ2v) is 4.86. The maximum absolute atomic E-state index is 12.2. The monoisotopic (exact) mass is 293 g/mol. The Morgan fingerprint density at radius 1 is 1.47 bits per heavy atom. The molecule has 0 saturated heterocycles. The molecule has 0 bridgehead atoms. The summed E-state index contributed by atoms with van der Waals surface area (Å²) in [6.07, 6.45) is 6.19. The summed E-state index contributed by atoms with van der Waals surface area (Å²) in [4.78, 5) is 13.9. The van der Waals surface area contributed by atoms with Gasteiger partial charge in [-0.25, -0.2) is 0 Å². The van der Waals surface area contributed by atoms with Crippen molar-refractivity contribution in [3.05, 3.63) is 33.8 Å². The Morgan fingerprint density at radius 2 is 2.18 bits per heavy atom. The van der Waals surface area contributed by atoms with Crippen LogP contribution in [0.1, 0.15) is 29.3 Å². The number of amides is 1. The molecule has 0 fully saturated rings. The Morgan fingerprint density at radius 3 is 2.71 bits per heavy atom. The third-order valence-electron chi connectivity index (χ3n) is 2.35. The minimum Gasteiger partial charge on any atom is -0.328 e. The van der Waals surface area contributed by atoms with Crippen molar-refractivity contribution in [2.45, 2.75) is 20.3 Å². The highest BCUT2D eigenvalue weighted by Gasteiger charge is 2.14. The van der Waals surface area contributed by atoms with E-state index in [1.807, 2.05) is 32.0 Å². The number of halogens is 1. The Kier molecular flexibility index (Phi) is 5.24. The number of carbonyl (C=O) groups excluding carboxylic acids is 1. The molecule has 17 heavy (non-hydrogen) atoms. The fraction of sp³-hybridized carbons (Fsp3) is 0.357. The number of hydrogen-bond acceptors (Lipinski definition) is 1. The van der Waals surface area contributed by atoms with Crippen LogP contribution in [0.5, 0.6) is 0 Å². The molecular weight excluding hydrogens is 278 g/mol. The van der Waals surface area contributed by atoms with Crippen LogP contribution in [0.3, 0.4) is 0 Å². The number of nitrogens with zero attached hydrogens (tertiary/aromatic N) is 1. The summed E-state index contributed by atoms with van der Waals surface area (Å²) >= 11 is 3.40. The molecule has 0 aliphatic heterocycles. The lowest BCUT2D eigenvalue weighted by molar-refractivity contribution is 0.0776. The average Bonchev–Trinajstić information content (AvgIpc) is 2.26. The number of carbonyl (C=O) groups is 1. The second kappa shape index (κ2) is 6.46. The van der Waals surface area contributed by atoms with Gasteiger partial charge in [0.05, 0.1) is 6.54 Å². The summed E-state index contributed by atoms with van der Waals surface area (Å²) < 4.78 is 0.915. The maximum Gasteiger partial charge on any atom is 0.254 e. The van der Waals surface area contributed by atoms with Crippen LogP contribution in [0.15, 0.2) is 22.7 Å². The fourth-order valence-electron chi connectivity index (χ4n) is 1.67. The molecular formula is C14H16BrNO. The molecule has 0 aliphatic carbocycles. The summed E-state index contributed by atoms with van der Waals surface area (Å²) in [7, 11) is 0. The second-order valence-electron chi connectivity index (χ2n) is 3.95. The Bertz CT molecular complexity index is 428. The van der Waals surface area contributed by atoms with Crippen LogP contribution >= 0.6 is 15.9 Å². The molecule has 0 atom stereocenters. The molecule has 90 valence electrons. The van der Waals surface area contributed by atoms with Crippen molar-refractivity contribution in [2.75, 3.05) is 13.1 Å². The summed E-state index contributed by atoms with van der Waals surface area (Å²) in [6.45, 7) is 5.04. The lowest BCUT2D eigenvalue weighted by Crippen LogP contribution is -2.32. The van der Waals surface area contributed by atoms with E-state index in [2.05, 4.69) is 21.9 Å². The van der Waals surface area contributed by atoms with Crippen LogP contribution < -0.4 is 0 Å². The first-order valence-electron chi connectivity index (χ1n) is 5.58. The molecule has 0 saturated carbocycles. The molecule has 0 heterocycles. The zero-order chi connectivity index (χ0) is 12.8. The van der Waals surface area contributed by atoms with Gasteiger partial charge < -0.3 is 4.90 Å². The lowest BCUT2D eigenvalue weighted by atomic mass is 10.1. The largest absolute Gasteiger partial charge is 0.328 e. The molecule has 0 radical (unpaired) electrons. The molecule has 1 amide bonds. The topological polar surface area (TPSA) is 20.3 Å². The van der Waals surface area contributed by atoms with E-state index < -0.39 is 0 Å². The number of hydrogen-bond donors (Lipinski definition) is 0.